The first kappa shape index (κ1) is 14.3. The average Bonchev–Trinajstić information content (AvgIpc) is 2.34. The molecule has 4 nitrogen and oxygen atoms in total. The van der Waals surface area contributed by atoms with Crippen LogP contribution < -0.4 is 5.32 Å². The molecule has 1 saturated carbocycles. The molecule has 1 rings (SSSR count). The summed E-state index contributed by atoms with van der Waals surface area (Å²) in [6, 6.07) is 0. The summed E-state index contributed by atoms with van der Waals surface area (Å²) >= 11 is 0. The highest BCUT2D eigenvalue weighted by Gasteiger charge is 2.21. The molecule has 0 bridgehead atoms. The number of hydrogen-bond donors (Lipinski definition) is 2. The molecule has 1 amide bonds. The Morgan fingerprint density at radius 2 is 1.88 bits per heavy atom. The zero-order valence-corrected chi connectivity index (χ0v) is 11.1. The van der Waals surface area contributed by atoms with E-state index in [1.807, 2.05) is 0 Å². The van der Waals surface area contributed by atoms with Gasteiger partial charge in [0.05, 0.1) is 0 Å². The Kier molecular flexibility index (Phi) is 6.34. The summed E-state index contributed by atoms with van der Waals surface area (Å²) in [4.78, 5) is 12.1. The van der Waals surface area contributed by atoms with E-state index in [1.165, 1.54) is 30.6 Å². The molecule has 17 heavy (non-hydrogen) atoms. The second-order valence-electron chi connectivity index (χ2n) is 5.19. The van der Waals surface area contributed by atoms with E-state index in [2.05, 4.69) is 12.2 Å². The molecule has 0 saturated heterocycles. The lowest BCUT2D eigenvalue weighted by molar-refractivity contribution is 0.149. The number of carbonyl (C=O) groups is 1. The number of nitrogens with one attached hydrogen (secondary N) is 1. The zero-order valence-electron chi connectivity index (χ0n) is 11.1. The molecule has 0 spiro atoms. The van der Waals surface area contributed by atoms with Gasteiger partial charge >= 0.3 is 6.09 Å². The van der Waals surface area contributed by atoms with E-state index < -0.39 is 6.09 Å². The van der Waals surface area contributed by atoms with Gasteiger partial charge in [0.15, 0.2) is 0 Å². The minimum Gasteiger partial charge on any atom is -0.465 e. The van der Waals surface area contributed by atoms with Crippen LogP contribution in [0.3, 0.4) is 0 Å². The zero-order chi connectivity index (χ0) is 12.7. The lowest BCUT2D eigenvalue weighted by Crippen LogP contribution is -2.29. The summed E-state index contributed by atoms with van der Waals surface area (Å²) in [5, 5.41) is 12.2. The fourth-order valence-corrected chi connectivity index (χ4v) is 2.54. The Bertz CT molecular complexity index is 225. The van der Waals surface area contributed by atoms with Crippen LogP contribution in [-0.4, -0.2) is 42.8 Å². The van der Waals surface area contributed by atoms with Crippen molar-refractivity contribution in [3.63, 3.8) is 0 Å². The van der Waals surface area contributed by atoms with Gasteiger partial charge < -0.3 is 15.3 Å². The van der Waals surface area contributed by atoms with Crippen LogP contribution in [0.5, 0.6) is 0 Å². The van der Waals surface area contributed by atoms with Crippen molar-refractivity contribution < 1.29 is 9.90 Å². The molecule has 1 aliphatic rings. The number of nitrogens with zero attached hydrogens (tertiary/aromatic N) is 1. The van der Waals surface area contributed by atoms with E-state index in [0.717, 1.165) is 31.3 Å². The summed E-state index contributed by atoms with van der Waals surface area (Å²) < 4.78 is 0. The minimum absolute atomic E-state index is 0.678. The molecule has 0 aromatic heterocycles. The normalized spacial score (nSPS) is 24.6. The molecule has 2 N–H and O–H groups in total. The number of carboxylic acid groups (broad SMARTS) is 1. The average molecular weight is 242 g/mol. The van der Waals surface area contributed by atoms with Gasteiger partial charge in [0, 0.05) is 13.6 Å². The third-order valence-corrected chi connectivity index (χ3v) is 3.85. The number of rotatable bonds is 6. The maximum absolute atomic E-state index is 10.7. The van der Waals surface area contributed by atoms with Crippen LogP contribution in [0.25, 0.3) is 0 Å². The van der Waals surface area contributed by atoms with Crippen molar-refractivity contribution in [1.29, 1.82) is 0 Å². The SMILES string of the molecule is CCNCC1CCC(CCN(C)C(=O)O)CC1. The van der Waals surface area contributed by atoms with Gasteiger partial charge in [0.25, 0.3) is 0 Å². The van der Waals surface area contributed by atoms with Crippen molar-refractivity contribution in [2.45, 2.75) is 39.0 Å². The van der Waals surface area contributed by atoms with Gasteiger partial charge in [-0.3, -0.25) is 0 Å². The van der Waals surface area contributed by atoms with Gasteiger partial charge in [-0.25, -0.2) is 4.79 Å². The third kappa shape index (κ3) is 5.39. The van der Waals surface area contributed by atoms with Crippen molar-refractivity contribution in [1.82, 2.24) is 10.2 Å². The highest BCUT2D eigenvalue weighted by molar-refractivity contribution is 5.64. The Morgan fingerprint density at radius 3 is 2.41 bits per heavy atom. The Balaban J connectivity index is 2.12. The highest BCUT2D eigenvalue weighted by atomic mass is 16.4. The van der Waals surface area contributed by atoms with Crippen LogP contribution in [0.2, 0.25) is 0 Å². The second-order valence-corrected chi connectivity index (χ2v) is 5.19. The van der Waals surface area contributed by atoms with Gasteiger partial charge in [-0.2, -0.15) is 0 Å². The predicted molar refractivity (Wildman–Crippen MR) is 69.3 cm³/mol. The molecule has 0 atom stereocenters. The lowest BCUT2D eigenvalue weighted by Gasteiger charge is -2.29. The van der Waals surface area contributed by atoms with Crippen molar-refractivity contribution in [3.8, 4) is 0 Å². The predicted octanol–water partition coefficient (Wildman–Crippen LogP) is 2.40. The second kappa shape index (κ2) is 7.54. The molecule has 0 heterocycles. The lowest BCUT2D eigenvalue weighted by atomic mass is 9.80. The number of amides is 1. The van der Waals surface area contributed by atoms with Crippen LogP contribution in [0.4, 0.5) is 4.79 Å². The maximum Gasteiger partial charge on any atom is 0.407 e. The van der Waals surface area contributed by atoms with Gasteiger partial charge in [-0.05, 0) is 44.2 Å². The van der Waals surface area contributed by atoms with Crippen molar-refractivity contribution >= 4 is 6.09 Å². The van der Waals surface area contributed by atoms with Gasteiger partial charge in [-0.1, -0.05) is 19.8 Å². The molecule has 100 valence electrons. The first-order valence-corrected chi connectivity index (χ1v) is 6.78. The topological polar surface area (TPSA) is 52.6 Å². The molecule has 0 unspecified atom stereocenters. The van der Waals surface area contributed by atoms with Gasteiger partial charge in [0.1, 0.15) is 0 Å². The summed E-state index contributed by atoms with van der Waals surface area (Å²) in [6.07, 6.45) is 5.35. The van der Waals surface area contributed by atoms with Gasteiger partial charge in [0.2, 0.25) is 0 Å². The fraction of sp³-hybridized carbons (Fsp3) is 0.923. The van der Waals surface area contributed by atoms with E-state index >= 15 is 0 Å². The van der Waals surface area contributed by atoms with Crippen LogP contribution in [-0.2, 0) is 0 Å². The van der Waals surface area contributed by atoms with E-state index in [9.17, 15) is 4.79 Å². The molecule has 0 aliphatic heterocycles. The molecule has 0 aromatic carbocycles. The Labute approximate surface area is 104 Å². The standard InChI is InChI=1S/C13H26N2O2/c1-3-14-10-12-6-4-11(5-7-12)8-9-15(2)13(16)17/h11-12,14H,3-10H2,1-2H3,(H,16,17). The smallest absolute Gasteiger partial charge is 0.407 e. The van der Waals surface area contributed by atoms with E-state index in [4.69, 9.17) is 5.11 Å². The molecule has 1 fully saturated rings. The largest absolute Gasteiger partial charge is 0.465 e. The first-order valence-electron chi connectivity index (χ1n) is 6.78. The Morgan fingerprint density at radius 1 is 1.29 bits per heavy atom. The summed E-state index contributed by atoms with van der Waals surface area (Å²) in [5.41, 5.74) is 0. The molecular weight excluding hydrogens is 216 g/mol. The maximum atomic E-state index is 10.7. The molecular formula is C13H26N2O2. The van der Waals surface area contributed by atoms with Crippen molar-refractivity contribution in [3.05, 3.63) is 0 Å². The first-order chi connectivity index (χ1) is 8.13. The van der Waals surface area contributed by atoms with E-state index in [1.54, 1.807) is 7.05 Å². The fourth-order valence-electron chi connectivity index (χ4n) is 2.54. The summed E-state index contributed by atoms with van der Waals surface area (Å²) in [6.45, 7) is 5.03. The highest BCUT2D eigenvalue weighted by Crippen LogP contribution is 2.30. The Hall–Kier alpha value is -0.770. The van der Waals surface area contributed by atoms with Gasteiger partial charge in [-0.15, -0.1) is 0 Å². The van der Waals surface area contributed by atoms with E-state index in [0.29, 0.717) is 6.54 Å². The molecule has 0 aromatic rings. The molecule has 0 radical (unpaired) electrons. The third-order valence-electron chi connectivity index (χ3n) is 3.85. The summed E-state index contributed by atoms with van der Waals surface area (Å²) in [7, 11) is 1.65. The van der Waals surface area contributed by atoms with Crippen molar-refractivity contribution in [2.24, 2.45) is 11.8 Å². The van der Waals surface area contributed by atoms with Crippen LogP contribution >= 0.6 is 0 Å². The quantitative estimate of drug-likeness (QED) is 0.752. The number of hydrogen-bond acceptors (Lipinski definition) is 2. The molecule has 4 heteroatoms. The van der Waals surface area contributed by atoms with Crippen LogP contribution in [0.1, 0.15) is 39.0 Å². The summed E-state index contributed by atoms with van der Waals surface area (Å²) in [5.74, 6) is 1.57. The monoisotopic (exact) mass is 242 g/mol. The van der Waals surface area contributed by atoms with Crippen molar-refractivity contribution in [2.75, 3.05) is 26.7 Å². The van der Waals surface area contributed by atoms with Crippen LogP contribution in [0.15, 0.2) is 0 Å². The molecule has 1 aliphatic carbocycles. The minimum atomic E-state index is -0.814. The van der Waals surface area contributed by atoms with E-state index in [-0.39, 0.29) is 0 Å². The van der Waals surface area contributed by atoms with Crippen LogP contribution in [0, 0.1) is 11.8 Å².